The molecule has 0 saturated carbocycles. The van der Waals surface area contributed by atoms with Crippen molar-refractivity contribution in [3.63, 3.8) is 0 Å². The lowest BCUT2D eigenvalue weighted by Crippen LogP contribution is -2.44. The predicted molar refractivity (Wildman–Crippen MR) is 95.3 cm³/mol. The van der Waals surface area contributed by atoms with Crippen molar-refractivity contribution in [2.45, 2.75) is 39.3 Å². The van der Waals surface area contributed by atoms with E-state index in [0.29, 0.717) is 17.6 Å². The molecule has 2 N–H and O–H groups in total. The highest BCUT2D eigenvalue weighted by Gasteiger charge is 2.23. The van der Waals surface area contributed by atoms with Gasteiger partial charge in [-0.25, -0.2) is 0 Å². The Morgan fingerprint density at radius 3 is 2.54 bits per heavy atom. The third kappa shape index (κ3) is 3.79. The number of aromatic amines is 1. The van der Waals surface area contributed by atoms with Crippen LogP contribution in [-0.2, 0) is 6.54 Å². The molecule has 1 aromatic heterocycles. The molecule has 0 spiro atoms. The molecule has 6 heteroatoms. The molecule has 3 rings (SSSR count). The molecule has 0 bridgehead atoms. The number of aromatic nitrogens is 2. The van der Waals surface area contributed by atoms with E-state index in [1.165, 1.54) is 5.56 Å². The Morgan fingerprint density at radius 2 is 1.96 bits per heavy atom. The number of aryl methyl sites for hydroxylation is 2. The van der Waals surface area contributed by atoms with Gasteiger partial charge in [0, 0.05) is 31.2 Å². The molecular formula is C18H23ClN4O. The lowest BCUT2D eigenvalue weighted by Gasteiger charge is -2.32. The largest absolute Gasteiger partial charge is 0.339 e. The zero-order valence-electron chi connectivity index (χ0n) is 14.1. The van der Waals surface area contributed by atoms with Crippen molar-refractivity contribution in [2.75, 3.05) is 13.1 Å². The Morgan fingerprint density at radius 1 is 1.29 bits per heavy atom. The van der Waals surface area contributed by atoms with Gasteiger partial charge in [0.05, 0.1) is 16.4 Å². The third-order valence-electron chi connectivity index (χ3n) is 4.58. The van der Waals surface area contributed by atoms with E-state index in [4.69, 9.17) is 11.6 Å². The van der Waals surface area contributed by atoms with Gasteiger partial charge in [-0.1, -0.05) is 29.3 Å². The molecule has 0 unspecified atom stereocenters. The summed E-state index contributed by atoms with van der Waals surface area (Å²) < 4.78 is 0. The highest BCUT2D eigenvalue weighted by Crippen LogP contribution is 2.19. The van der Waals surface area contributed by atoms with E-state index in [-0.39, 0.29) is 5.91 Å². The summed E-state index contributed by atoms with van der Waals surface area (Å²) >= 11 is 6.18. The van der Waals surface area contributed by atoms with Crippen LogP contribution in [0.15, 0.2) is 24.3 Å². The SMILES string of the molecule is Cc1ccc(C(=O)N2CCC(NCc3n[nH]c(C)c3Cl)CC2)cc1. The Balaban J connectivity index is 1.49. The number of piperidine rings is 1. The van der Waals surface area contributed by atoms with E-state index in [0.717, 1.165) is 42.9 Å². The molecule has 1 aliphatic rings. The highest BCUT2D eigenvalue weighted by molar-refractivity contribution is 6.31. The summed E-state index contributed by atoms with van der Waals surface area (Å²) in [5.41, 5.74) is 3.69. The maximum atomic E-state index is 12.5. The molecule has 2 aromatic rings. The van der Waals surface area contributed by atoms with E-state index in [1.807, 2.05) is 43.0 Å². The number of nitrogens with zero attached hydrogens (tertiary/aromatic N) is 2. The summed E-state index contributed by atoms with van der Waals surface area (Å²) in [5.74, 6) is 0.124. The Labute approximate surface area is 147 Å². The number of benzene rings is 1. The minimum atomic E-state index is 0.124. The smallest absolute Gasteiger partial charge is 0.253 e. The summed E-state index contributed by atoms with van der Waals surface area (Å²) in [7, 11) is 0. The molecule has 5 nitrogen and oxygen atoms in total. The van der Waals surface area contributed by atoms with Crippen molar-refractivity contribution in [1.82, 2.24) is 20.4 Å². The summed E-state index contributed by atoms with van der Waals surface area (Å²) in [4.78, 5) is 14.5. The number of amides is 1. The van der Waals surface area contributed by atoms with Gasteiger partial charge in [0.15, 0.2) is 0 Å². The van der Waals surface area contributed by atoms with Crippen molar-refractivity contribution in [3.8, 4) is 0 Å². The fourth-order valence-corrected chi connectivity index (χ4v) is 3.14. The van der Waals surface area contributed by atoms with E-state index < -0.39 is 0 Å². The van der Waals surface area contributed by atoms with Crippen LogP contribution in [0.3, 0.4) is 0 Å². The Bertz CT molecular complexity index is 702. The number of H-pyrrole nitrogens is 1. The molecule has 0 aliphatic carbocycles. The lowest BCUT2D eigenvalue weighted by molar-refractivity contribution is 0.0704. The maximum absolute atomic E-state index is 12.5. The van der Waals surface area contributed by atoms with Crippen LogP contribution in [-0.4, -0.2) is 40.1 Å². The minimum absolute atomic E-state index is 0.124. The third-order valence-corrected chi connectivity index (χ3v) is 5.08. The number of carbonyl (C=O) groups excluding carboxylic acids is 1. The molecule has 0 atom stereocenters. The van der Waals surface area contributed by atoms with Crippen LogP contribution in [0.25, 0.3) is 0 Å². The van der Waals surface area contributed by atoms with Crippen LogP contribution in [0.4, 0.5) is 0 Å². The van der Waals surface area contributed by atoms with E-state index in [9.17, 15) is 4.79 Å². The van der Waals surface area contributed by atoms with Gasteiger partial charge >= 0.3 is 0 Å². The number of hydrogen-bond donors (Lipinski definition) is 2. The predicted octanol–water partition coefficient (Wildman–Crippen LogP) is 3.07. The standard InChI is InChI=1S/C18H23ClN4O/c1-12-3-5-14(6-4-12)18(24)23-9-7-15(8-10-23)20-11-16-17(19)13(2)21-22-16/h3-6,15,20H,7-11H2,1-2H3,(H,21,22). The number of nitrogens with one attached hydrogen (secondary N) is 2. The molecule has 1 saturated heterocycles. The fourth-order valence-electron chi connectivity index (χ4n) is 2.99. The highest BCUT2D eigenvalue weighted by atomic mass is 35.5. The molecule has 1 aliphatic heterocycles. The van der Waals surface area contributed by atoms with Crippen LogP contribution < -0.4 is 5.32 Å². The van der Waals surface area contributed by atoms with Crippen LogP contribution >= 0.6 is 11.6 Å². The number of halogens is 1. The maximum Gasteiger partial charge on any atom is 0.253 e. The topological polar surface area (TPSA) is 61.0 Å². The number of hydrogen-bond acceptors (Lipinski definition) is 3. The van der Waals surface area contributed by atoms with Gasteiger partial charge in [-0.2, -0.15) is 5.10 Å². The number of likely N-dealkylation sites (tertiary alicyclic amines) is 1. The zero-order valence-corrected chi connectivity index (χ0v) is 14.9. The first-order chi connectivity index (χ1) is 11.5. The number of rotatable bonds is 4. The molecule has 128 valence electrons. The van der Waals surface area contributed by atoms with Crippen LogP contribution in [0.1, 0.15) is 40.2 Å². The van der Waals surface area contributed by atoms with E-state index in [1.54, 1.807) is 0 Å². The zero-order chi connectivity index (χ0) is 17.1. The second-order valence-corrected chi connectivity index (χ2v) is 6.80. The molecule has 1 aromatic carbocycles. The van der Waals surface area contributed by atoms with Crippen molar-refractivity contribution in [1.29, 1.82) is 0 Å². The quantitative estimate of drug-likeness (QED) is 0.894. The second-order valence-electron chi connectivity index (χ2n) is 6.42. The second kappa shape index (κ2) is 7.36. The molecular weight excluding hydrogens is 324 g/mol. The average Bonchev–Trinajstić information content (AvgIpc) is 2.92. The Hall–Kier alpha value is -1.85. The molecule has 0 radical (unpaired) electrons. The van der Waals surface area contributed by atoms with Crippen molar-refractivity contribution < 1.29 is 4.79 Å². The summed E-state index contributed by atoms with van der Waals surface area (Å²) in [6, 6.07) is 8.17. The lowest BCUT2D eigenvalue weighted by atomic mass is 10.0. The van der Waals surface area contributed by atoms with Crippen LogP contribution in [0.2, 0.25) is 5.02 Å². The van der Waals surface area contributed by atoms with Crippen molar-refractivity contribution in [3.05, 3.63) is 51.8 Å². The summed E-state index contributed by atoms with van der Waals surface area (Å²) in [5, 5.41) is 11.3. The van der Waals surface area contributed by atoms with Crippen molar-refractivity contribution >= 4 is 17.5 Å². The van der Waals surface area contributed by atoms with Crippen LogP contribution in [0, 0.1) is 13.8 Å². The van der Waals surface area contributed by atoms with Crippen molar-refractivity contribution in [2.24, 2.45) is 0 Å². The van der Waals surface area contributed by atoms with E-state index >= 15 is 0 Å². The van der Waals surface area contributed by atoms with Gasteiger partial charge in [-0.05, 0) is 38.8 Å². The average molecular weight is 347 g/mol. The monoisotopic (exact) mass is 346 g/mol. The fraction of sp³-hybridized carbons (Fsp3) is 0.444. The number of carbonyl (C=O) groups is 1. The first-order valence-electron chi connectivity index (χ1n) is 8.33. The Kier molecular flexibility index (Phi) is 5.21. The van der Waals surface area contributed by atoms with Gasteiger partial charge in [-0.15, -0.1) is 0 Å². The minimum Gasteiger partial charge on any atom is -0.339 e. The summed E-state index contributed by atoms with van der Waals surface area (Å²) in [6.45, 7) is 6.14. The normalized spacial score (nSPS) is 15.7. The molecule has 24 heavy (non-hydrogen) atoms. The van der Waals surface area contributed by atoms with Crippen LogP contribution in [0.5, 0.6) is 0 Å². The molecule has 1 fully saturated rings. The van der Waals surface area contributed by atoms with Gasteiger partial charge in [-0.3, -0.25) is 9.89 Å². The van der Waals surface area contributed by atoms with E-state index in [2.05, 4.69) is 15.5 Å². The van der Waals surface area contributed by atoms with Gasteiger partial charge in [0.25, 0.3) is 5.91 Å². The molecule has 1 amide bonds. The first-order valence-corrected chi connectivity index (χ1v) is 8.71. The first kappa shape index (κ1) is 17.0. The van der Waals surface area contributed by atoms with Gasteiger partial charge in [0.2, 0.25) is 0 Å². The van der Waals surface area contributed by atoms with Gasteiger partial charge in [0.1, 0.15) is 0 Å². The summed E-state index contributed by atoms with van der Waals surface area (Å²) in [6.07, 6.45) is 1.89. The van der Waals surface area contributed by atoms with Gasteiger partial charge < -0.3 is 10.2 Å². The molecule has 2 heterocycles.